The maximum Gasteiger partial charge on any atom is 0.264 e. The summed E-state index contributed by atoms with van der Waals surface area (Å²) in [5, 5.41) is 26.6. The van der Waals surface area contributed by atoms with E-state index in [4.69, 9.17) is 29.8 Å². The molecule has 0 bridgehead atoms. The summed E-state index contributed by atoms with van der Waals surface area (Å²) in [6, 6.07) is 18.7. The van der Waals surface area contributed by atoms with Crippen LogP contribution in [-0.4, -0.2) is 76.1 Å². The minimum Gasteiger partial charge on any atom is -0.505 e. The summed E-state index contributed by atoms with van der Waals surface area (Å²) in [6.07, 6.45) is 9.69. The van der Waals surface area contributed by atoms with E-state index in [1.807, 2.05) is 12.1 Å². The molecule has 0 amide bonds. The van der Waals surface area contributed by atoms with E-state index >= 15 is 0 Å². The van der Waals surface area contributed by atoms with Crippen molar-refractivity contribution in [3.05, 3.63) is 133 Å². The van der Waals surface area contributed by atoms with Crippen LogP contribution >= 0.6 is 0 Å². The standard InChI is InChI=1S/C19H15FN4O2.C15H13FN2O4S.C5H6N2O.W.Y/c1-13-22-10-17(11-23-13)25-6-7-26-19-12-24-16(9-21)8-18(19)14-2-4-15(20)5-3-14;1-23(19,20)22-7-6-21-15-10-18-13(9-17)8-14(15)11-2-4-12(16)5-3-11;1-4-6-2-5(8)3-7-4;;/h2-5,8,10-12H,6-7H2,1H3;2-5,8,10H,6-7H2,1H3;2-3,8H,1H3;;. The van der Waals surface area contributed by atoms with Gasteiger partial charge in [-0.25, -0.2) is 38.7 Å². The summed E-state index contributed by atoms with van der Waals surface area (Å²) in [5.74, 6) is 2.11. The molecule has 0 saturated carbocycles. The summed E-state index contributed by atoms with van der Waals surface area (Å²) in [6.45, 7) is 3.93. The molecule has 4 heterocycles. The number of hydrogen-bond acceptors (Lipinski definition) is 15. The van der Waals surface area contributed by atoms with Gasteiger partial charge >= 0.3 is 0 Å². The van der Waals surface area contributed by atoms with Crippen LogP contribution in [0.4, 0.5) is 8.78 Å². The summed E-state index contributed by atoms with van der Waals surface area (Å²) in [5.41, 5.74) is 3.03. The van der Waals surface area contributed by atoms with Gasteiger partial charge in [-0.15, -0.1) is 0 Å². The first-order chi connectivity index (χ1) is 27.3. The molecule has 20 heteroatoms. The summed E-state index contributed by atoms with van der Waals surface area (Å²) in [4.78, 5) is 23.5. The molecule has 0 atom stereocenters. The van der Waals surface area contributed by atoms with E-state index in [0.29, 0.717) is 45.6 Å². The van der Waals surface area contributed by atoms with Gasteiger partial charge in [0.05, 0.1) is 43.4 Å². The number of halogens is 2. The minimum absolute atomic E-state index is 0. The number of nitrogens with zero attached hydrogens (tertiary/aromatic N) is 8. The third-order valence-corrected chi connectivity index (χ3v) is 7.64. The SMILES string of the molecule is CS(=O)(=O)OCCOc1cnc(C#N)cc1-c1ccc(F)cc1.Cc1ncc(O)cn1.Cc1ncc(OCCOc2cnc(C#N)cc2-c2ccc(F)cc2)cn1.[W].[Y]. The minimum atomic E-state index is -3.54. The quantitative estimate of drug-likeness (QED) is 0.111. The van der Waals surface area contributed by atoms with E-state index in [2.05, 4.69) is 34.1 Å². The maximum atomic E-state index is 13.2. The molecule has 6 rings (SSSR count). The first-order valence-electron chi connectivity index (χ1n) is 16.6. The average molecular weight is 1070 g/mol. The van der Waals surface area contributed by atoms with Crippen LogP contribution in [0.25, 0.3) is 22.3 Å². The number of aromatic hydroxyl groups is 1. The molecule has 59 heavy (non-hydrogen) atoms. The van der Waals surface area contributed by atoms with Gasteiger partial charge in [0.15, 0.2) is 11.5 Å². The van der Waals surface area contributed by atoms with Gasteiger partial charge in [0.25, 0.3) is 10.1 Å². The second kappa shape index (κ2) is 25.2. The Kier molecular flexibility index (Phi) is 21.3. The average Bonchev–Trinajstić information content (AvgIpc) is 3.21. The van der Waals surface area contributed by atoms with E-state index in [-0.39, 0.29) is 109 Å². The van der Waals surface area contributed by atoms with E-state index in [1.54, 1.807) is 56.6 Å². The van der Waals surface area contributed by atoms with Crippen LogP contribution in [0.5, 0.6) is 23.0 Å². The number of pyridine rings is 2. The fourth-order valence-corrected chi connectivity index (χ4v) is 4.81. The van der Waals surface area contributed by atoms with Gasteiger partial charge in [-0.2, -0.15) is 18.9 Å². The zero-order valence-electron chi connectivity index (χ0n) is 31.7. The van der Waals surface area contributed by atoms with Crippen molar-refractivity contribution < 1.29 is 94.5 Å². The molecule has 1 N–H and O–H groups in total. The van der Waals surface area contributed by atoms with Gasteiger partial charge in [-0.1, -0.05) is 24.3 Å². The van der Waals surface area contributed by atoms with Crippen molar-refractivity contribution in [2.45, 2.75) is 13.8 Å². The monoisotopic (exact) mass is 1070 g/mol. The Morgan fingerprint density at radius 2 is 1.02 bits per heavy atom. The smallest absolute Gasteiger partial charge is 0.264 e. The van der Waals surface area contributed by atoms with Gasteiger partial charge in [-0.3, -0.25) is 4.18 Å². The topological polar surface area (TPSA) is 216 Å². The molecule has 0 fully saturated rings. The molecule has 15 nitrogen and oxygen atoms in total. The number of aryl methyl sites for hydroxylation is 2. The largest absolute Gasteiger partial charge is 0.505 e. The van der Waals surface area contributed by atoms with Gasteiger partial charge in [0.2, 0.25) is 0 Å². The summed E-state index contributed by atoms with van der Waals surface area (Å²) in [7, 11) is -3.54. The molecule has 301 valence electrons. The molecule has 1 radical (unpaired) electrons. The van der Waals surface area contributed by atoms with Crippen molar-refractivity contribution in [1.82, 2.24) is 29.9 Å². The Bertz CT molecular complexity index is 2410. The van der Waals surface area contributed by atoms with E-state index in [0.717, 1.165) is 11.8 Å². The normalized spacial score (nSPS) is 10.0. The van der Waals surface area contributed by atoms with Crippen molar-refractivity contribution in [3.63, 3.8) is 0 Å². The number of hydrogen-bond donors (Lipinski definition) is 1. The Hall–Kier alpha value is -5.36. The van der Waals surface area contributed by atoms with Crippen LogP contribution in [-0.2, 0) is 68.1 Å². The number of ether oxygens (including phenoxy) is 3. The molecule has 2 aromatic carbocycles. The molecule has 4 aromatic heterocycles. The van der Waals surface area contributed by atoms with Crippen LogP contribution in [0, 0.1) is 48.1 Å². The Labute approximate surface area is 378 Å². The predicted octanol–water partition coefficient (Wildman–Crippen LogP) is 5.92. The van der Waals surface area contributed by atoms with Crippen LogP contribution < -0.4 is 14.2 Å². The first-order valence-corrected chi connectivity index (χ1v) is 18.5. The summed E-state index contributed by atoms with van der Waals surface area (Å²) < 4.78 is 69.3. The molecule has 0 aliphatic carbocycles. The van der Waals surface area contributed by atoms with Crippen LogP contribution in [0.15, 0.2) is 97.8 Å². The van der Waals surface area contributed by atoms with Gasteiger partial charge < -0.3 is 19.3 Å². The van der Waals surface area contributed by atoms with Crippen molar-refractivity contribution >= 4 is 10.1 Å². The van der Waals surface area contributed by atoms with Crippen molar-refractivity contribution in [2.24, 2.45) is 0 Å². The molecule has 0 aliphatic heterocycles. The molecule has 0 aliphatic rings. The first kappa shape index (κ1) is 49.8. The van der Waals surface area contributed by atoms with E-state index in [1.165, 1.54) is 55.1 Å². The second-order valence-corrected chi connectivity index (χ2v) is 13.0. The molecule has 6 aromatic rings. The Balaban J connectivity index is 0.000000334. The second-order valence-electron chi connectivity index (χ2n) is 11.4. The van der Waals surface area contributed by atoms with Crippen LogP contribution in [0.2, 0.25) is 0 Å². The van der Waals surface area contributed by atoms with Gasteiger partial charge in [-0.05, 0) is 61.4 Å². The molecule has 0 unspecified atom stereocenters. The number of rotatable bonds is 12. The fourth-order valence-electron chi connectivity index (χ4n) is 4.44. The van der Waals surface area contributed by atoms with Crippen molar-refractivity contribution in [2.75, 3.05) is 32.7 Å². The zero-order valence-corrected chi connectivity index (χ0v) is 38.3. The van der Waals surface area contributed by atoms with E-state index < -0.39 is 10.1 Å². The number of aromatic nitrogens is 6. The molecule has 0 spiro atoms. The van der Waals surface area contributed by atoms with Gasteiger partial charge in [0.1, 0.15) is 84.7 Å². The van der Waals surface area contributed by atoms with Crippen molar-refractivity contribution in [1.29, 1.82) is 10.5 Å². The third kappa shape index (κ3) is 17.6. The summed E-state index contributed by atoms with van der Waals surface area (Å²) >= 11 is 0. The van der Waals surface area contributed by atoms with Crippen LogP contribution in [0.1, 0.15) is 23.0 Å². The van der Waals surface area contributed by atoms with Crippen molar-refractivity contribution in [3.8, 4) is 57.4 Å². The molecule has 0 saturated heterocycles. The van der Waals surface area contributed by atoms with E-state index in [9.17, 15) is 17.2 Å². The van der Waals surface area contributed by atoms with Crippen LogP contribution in [0.3, 0.4) is 0 Å². The number of nitriles is 2. The third-order valence-electron chi connectivity index (χ3n) is 7.05. The number of benzene rings is 2. The maximum absolute atomic E-state index is 13.2. The molecular weight excluding hydrogens is 1040 g/mol. The Morgan fingerprint density at radius 3 is 1.41 bits per heavy atom. The predicted molar refractivity (Wildman–Crippen MR) is 201 cm³/mol. The Morgan fingerprint density at radius 1 is 0.627 bits per heavy atom. The fraction of sp³-hybridized carbons (Fsp3) is 0.179. The van der Waals surface area contributed by atoms with Gasteiger partial charge in [0, 0.05) is 64.9 Å². The molecular formula is C39H34F2N8O7SWY. The zero-order chi connectivity index (χ0) is 41.2.